The first kappa shape index (κ1) is 16.2. The predicted octanol–water partition coefficient (Wildman–Crippen LogP) is 2.33. The van der Waals surface area contributed by atoms with Gasteiger partial charge in [0, 0.05) is 19.6 Å². The van der Waals surface area contributed by atoms with Gasteiger partial charge in [0.2, 0.25) is 17.2 Å². The number of hydrogen-bond donors (Lipinski definition) is 2. The highest BCUT2D eigenvalue weighted by atomic mass is 35.5. The van der Waals surface area contributed by atoms with E-state index in [0.717, 1.165) is 32.4 Å². The molecule has 1 unspecified atom stereocenters. The van der Waals surface area contributed by atoms with E-state index >= 15 is 0 Å². The standard InChI is InChI=1S/C14H24ClN5O/c1-10(2)8-11(21)9-16-13-17-12(15)18-14(19-13)20-6-4-3-5-7-20/h10-11,21H,3-9H2,1-2H3,(H,16,17,18,19). The van der Waals surface area contributed by atoms with Crippen LogP contribution in [0, 0.1) is 5.92 Å². The first-order chi connectivity index (χ1) is 10.0. The third-order valence-electron chi connectivity index (χ3n) is 3.47. The van der Waals surface area contributed by atoms with E-state index in [2.05, 4.69) is 39.0 Å². The molecule has 118 valence electrons. The van der Waals surface area contributed by atoms with Crippen LogP contribution in [0.15, 0.2) is 0 Å². The van der Waals surface area contributed by atoms with Crippen LogP contribution in [-0.2, 0) is 0 Å². The molecule has 6 nitrogen and oxygen atoms in total. The van der Waals surface area contributed by atoms with Gasteiger partial charge >= 0.3 is 0 Å². The van der Waals surface area contributed by atoms with Crippen LogP contribution in [0.2, 0.25) is 5.28 Å². The Balaban J connectivity index is 1.97. The van der Waals surface area contributed by atoms with Crippen LogP contribution in [0.4, 0.5) is 11.9 Å². The number of aliphatic hydroxyl groups excluding tert-OH is 1. The van der Waals surface area contributed by atoms with E-state index in [-0.39, 0.29) is 5.28 Å². The van der Waals surface area contributed by atoms with Gasteiger partial charge in [-0.3, -0.25) is 0 Å². The fourth-order valence-electron chi connectivity index (χ4n) is 2.49. The average Bonchev–Trinajstić information content (AvgIpc) is 2.45. The molecule has 1 aromatic rings. The zero-order chi connectivity index (χ0) is 15.2. The molecule has 0 aromatic carbocycles. The molecule has 0 amide bonds. The highest BCUT2D eigenvalue weighted by Gasteiger charge is 2.16. The second-order valence-electron chi connectivity index (χ2n) is 5.94. The van der Waals surface area contributed by atoms with Gasteiger partial charge in [0.25, 0.3) is 0 Å². The fraction of sp³-hybridized carbons (Fsp3) is 0.786. The van der Waals surface area contributed by atoms with Gasteiger partial charge in [-0.05, 0) is 43.2 Å². The fourth-order valence-corrected chi connectivity index (χ4v) is 2.65. The van der Waals surface area contributed by atoms with E-state index in [1.165, 1.54) is 6.42 Å². The van der Waals surface area contributed by atoms with E-state index < -0.39 is 6.10 Å². The van der Waals surface area contributed by atoms with Crippen molar-refractivity contribution in [1.82, 2.24) is 15.0 Å². The molecule has 2 N–H and O–H groups in total. The van der Waals surface area contributed by atoms with Gasteiger partial charge in [0.15, 0.2) is 0 Å². The zero-order valence-corrected chi connectivity index (χ0v) is 13.5. The number of hydrogen-bond acceptors (Lipinski definition) is 6. The molecule has 1 saturated heterocycles. The van der Waals surface area contributed by atoms with Crippen molar-refractivity contribution < 1.29 is 5.11 Å². The third-order valence-corrected chi connectivity index (χ3v) is 3.64. The van der Waals surface area contributed by atoms with Crippen LogP contribution in [0.3, 0.4) is 0 Å². The molecule has 0 radical (unpaired) electrons. The summed E-state index contributed by atoms with van der Waals surface area (Å²) in [5, 5.41) is 13.1. The zero-order valence-electron chi connectivity index (χ0n) is 12.7. The number of anilines is 2. The summed E-state index contributed by atoms with van der Waals surface area (Å²) in [4.78, 5) is 14.8. The van der Waals surface area contributed by atoms with Crippen LogP contribution in [0.5, 0.6) is 0 Å². The minimum Gasteiger partial charge on any atom is -0.391 e. The second kappa shape index (κ2) is 7.75. The summed E-state index contributed by atoms with van der Waals surface area (Å²) in [5.41, 5.74) is 0. The quantitative estimate of drug-likeness (QED) is 0.839. The number of nitrogens with one attached hydrogen (secondary N) is 1. The van der Waals surface area contributed by atoms with Crippen molar-refractivity contribution in [2.24, 2.45) is 5.92 Å². The molecule has 1 fully saturated rings. The van der Waals surface area contributed by atoms with Crippen LogP contribution < -0.4 is 10.2 Å². The Morgan fingerprint density at radius 1 is 1.19 bits per heavy atom. The van der Waals surface area contributed by atoms with Gasteiger partial charge in [-0.2, -0.15) is 15.0 Å². The van der Waals surface area contributed by atoms with Crippen molar-refractivity contribution in [2.75, 3.05) is 29.9 Å². The summed E-state index contributed by atoms with van der Waals surface area (Å²) in [5.74, 6) is 1.50. The van der Waals surface area contributed by atoms with Crippen LogP contribution in [-0.4, -0.2) is 45.8 Å². The monoisotopic (exact) mass is 313 g/mol. The first-order valence-corrected chi connectivity index (χ1v) is 8.01. The molecule has 0 aliphatic carbocycles. The lowest BCUT2D eigenvalue weighted by Gasteiger charge is -2.26. The third kappa shape index (κ3) is 5.28. The molecule has 7 heteroatoms. The first-order valence-electron chi connectivity index (χ1n) is 7.63. The lowest BCUT2D eigenvalue weighted by Crippen LogP contribution is -2.31. The molecule has 1 atom stereocenters. The number of piperidine rings is 1. The Hall–Kier alpha value is -1.14. The SMILES string of the molecule is CC(C)CC(O)CNc1nc(Cl)nc(N2CCCCC2)n1. The smallest absolute Gasteiger partial charge is 0.231 e. The average molecular weight is 314 g/mol. The highest BCUT2D eigenvalue weighted by Crippen LogP contribution is 2.18. The summed E-state index contributed by atoms with van der Waals surface area (Å²) >= 11 is 5.98. The van der Waals surface area contributed by atoms with E-state index in [4.69, 9.17) is 11.6 Å². The summed E-state index contributed by atoms with van der Waals surface area (Å²) in [7, 11) is 0. The maximum absolute atomic E-state index is 9.89. The van der Waals surface area contributed by atoms with Crippen LogP contribution in [0.25, 0.3) is 0 Å². The Labute approximate surface area is 131 Å². The maximum Gasteiger partial charge on any atom is 0.231 e. The van der Waals surface area contributed by atoms with Crippen molar-refractivity contribution in [2.45, 2.75) is 45.6 Å². The Kier molecular flexibility index (Phi) is 5.99. The Bertz CT molecular complexity index is 451. The number of aliphatic hydroxyl groups is 1. The highest BCUT2D eigenvalue weighted by molar-refractivity contribution is 6.28. The van der Waals surface area contributed by atoms with Crippen LogP contribution >= 0.6 is 11.6 Å². The molecule has 1 aliphatic heterocycles. The maximum atomic E-state index is 9.89. The van der Waals surface area contributed by atoms with Crippen molar-refractivity contribution in [3.05, 3.63) is 5.28 Å². The molecule has 0 spiro atoms. The molecule has 1 aromatic heterocycles. The van der Waals surface area contributed by atoms with Gasteiger partial charge in [0.1, 0.15) is 0 Å². The Morgan fingerprint density at radius 2 is 1.90 bits per heavy atom. The second-order valence-corrected chi connectivity index (χ2v) is 6.28. The van der Waals surface area contributed by atoms with Crippen molar-refractivity contribution >= 4 is 23.5 Å². The summed E-state index contributed by atoms with van der Waals surface area (Å²) in [6.07, 6.45) is 3.88. The van der Waals surface area contributed by atoms with Crippen LogP contribution in [0.1, 0.15) is 39.5 Å². The predicted molar refractivity (Wildman–Crippen MR) is 84.9 cm³/mol. The summed E-state index contributed by atoms with van der Waals surface area (Å²) < 4.78 is 0. The Morgan fingerprint density at radius 3 is 2.57 bits per heavy atom. The van der Waals surface area contributed by atoms with E-state index in [9.17, 15) is 5.11 Å². The molecular weight excluding hydrogens is 290 g/mol. The minimum atomic E-state index is -0.418. The lowest BCUT2D eigenvalue weighted by atomic mass is 10.1. The number of aromatic nitrogens is 3. The molecular formula is C14H24ClN5O. The summed E-state index contributed by atoms with van der Waals surface area (Å²) in [6, 6.07) is 0. The van der Waals surface area contributed by atoms with Gasteiger partial charge in [0.05, 0.1) is 6.10 Å². The minimum absolute atomic E-state index is 0.187. The largest absolute Gasteiger partial charge is 0.391 e. The molecule has 0 bridgehead atoms. The molecule has 1 aliphatic rings. The summed E-state index contributed by atoms with van der Waals surface area (Å²) in [6.45, 7) is 6.48. The lowest BCUT2D eigenvalue weighted by molar-refractivity contribution is 0.161. The molecule has 0 saturated carbocycles. The van der Waals surface area contributed by atoms with E-state index in [0.29, 0.717) is 24.4 Å². The normalized spacial score (nSPS) is 17.1. The molecule has 2 heterocycles. The topological polar surface area (TPSA) is 74.2 Å². The van der Waals surface area contributed by atoms with Crippen molar-refractivity contribution in [3.63, 3.8) is 0 Å². The van der Waals surface area contributed by atoms with Gasteiger partial charge in [-0.1, -0.05) is 13.8 Å². The van der Waals surface area contributed by atoms with Gasteiger partial charge in [-0.25, -0.2) is 0 Å². The van der Waals surface area contributed by atoms with E-state index in [1.807, 2.05) is 0 Å². The number of nitrogens with zero attached hydrogens (tertiary/aromatic N) is 4. The van der Waals surface area contributed by atoms with Crippen molar-refractivity contribution in [1.29, 1.82) is 0 Å². The molecule has 21 heavy (non-hydrogen) atoms. The van der Waals surface area contributed by atoms with Gasteiger partial charge in [-0.15, -0.1) is 0 Å². The van der Waals surface area contributed by atoms with Crippen molar-refractivity contribution in [3.8, 4) is 0 Å². The number of rotatable bonds is 6. The van der Waals surface area contributed by atoms with Gasteiger partial charge < -0.3 is 15.3 Å². The van der Waals surface area contributed by atoms with E-state index in [1.54, 1.807) is 0 Å². The number of halogens is 1. The molecule has 2 rings (SSSR count).